The summed E-state index contributed by atoms with van der Waals surface area (Å²) in [6.45, 7) is 8.07. The molecule has 0 aliphatic carbocycles. The summed E-state index contributed by atoms with van der Waals surface area (Å²) in [6.07, 6.45) is 0. The third-order valence-electron chi connectivity index (χ3n) is 2.98. The van der Waals surface area contributed by atoms with E-state index in [-0.39, 0.29) is 0 Å². The molecule has 0 atom stereocenters. The molecule has 2 aliphatic rings. The Morgan fingerprint density at radius 2 is 2.14 bits per heavy atom. The number of hydrogen-bond donors (Lipinski definition) is 1. The van der Waals surface area contributed by atoms with Crippen LogP contribution < -0.4 is 5.32 Å². The molecular weight excluding hydrogens is 180 g/mol. The number of likely N-dealkylation sites (N-methyl/N-ethyl adjacent to an activating group) is 1. The number of nitrogens with zero attached hydrogens (tertiary/aromatic N) is 1. The van der Waals surface area contributed by atoms with Crippen molar-refractivity contribution in [2.24, 2.45) is 5.41 Å². The van der Waals surface area contributed by atoms with Crippen molar-refractivity contribution in [1.29, 1.82) is 0 Å². The van der Waals surface area contributed by atoms with Crippen molar-refractivity contribution in [2.75, 3.05) is 59.7 Å². The van der Waals surface area contributed by atoms with Gasteiger partial charge in [-0.25, -0.2) is 0 Å². The first-order valence-electron chi connectivity index (χ1n) is 5.37. The standard InChI is InChI=1S/C10H20N2O2/c1-11-2-4-13-5-3-12-6-10(7-12)8-14-9-10/h11H,2-9H2,1H3. The van der Waals surface area contributed by atoms with E-state index in [2.05, 4.69) is 10.2 Å². The Kier molecular flexibility index (Phi) is 3.38. The maximum Gasteiger partial charge on any atom is 0.0594 e. The van der Waals surface area contributed by atoms with Crippen molar-refractivity contribution in [3.63, 3.8) is 0 Å². The molecule has 0 aromatic heterocycles. The lowest BCUT2D eigenvalue weighted by atomic mass is 9.78. The molecule has 2 fully saturated rings. The molecule has 2 rings (SSSR count). The van der Waals surface area contributed by atoms with Gasteiger partial charge in [0.15, 0.2) is 0 Å². The van der Waals surface area contributed by atoms with Crippen molar-refractivity contribution < 1.29 is 9.47 Å². The zero-order chi connectivity index (χ0) is 9.86. The molecule has 1 N–H and O–H groups in total. The number of rotatable bonds is 6. The number of likely N-dealkylation sites (tertiary alicyclic amines) is 1. The van der Waals surface area contributed by atoms with Gasteiger partial charge in [-0.1, -0.05) is 0 Å². The van der Waals surface area contributed by atoms with Gasteiger partial charge in [-0.2, -0.15) is 0 Å². The quantitative estimate of drug-likeness (QED) is 0.589. The highest BCUT2D eigenvalue weighted by Gasteiger charge is 2.48. The molecule has 2 heterocycles. The Morgan fingerprint density at radius 3 is 2.71 bits per heavy atom. The van der Waals surface area contributed by atoms with E-state index in [1.165, 1.54) is 13.1 Å². The number of hydrogen-bond acceptors (Lipinski definition) is 4. The Hall–Kier alpha value is -0.160. The summed E-state index contributed by atoms with van der Waals surface area (Å²) in [5, 5.41) is 3.06. The van der Waals surface area contributed by atoms with E-state index < -0.39 is 0 Å². The van der Waals surface area contributed by atoms with Crippen molar-refractivity contribution in [1.82, 2.24) is 10.2 Å². The summed E-state index contributed by atoms with van der Waals surface area (Å²) in [5.41, 5.74) is 0.547. The van der Waals surface area contributed by atoms with Gasteiger partial charge in [0.05, 0.1) is 26.4 Å². The first-order valence-corrected chi connectivity index (χ1v) is 5.37. The van der Waals surface area contributed by atoms with Crippen LogP contribution >= 0.6 is 0 Å². The lowest BCUT2D eigenvalue weighted by Crippen LogP contribution is -2.66. The molecular formula is C10H20N2O2. The molecule has 4 nitrogen and oxygen atoms in total. The Morgan fingerprint density at radius 1 is 1.36 bits per heavy atom. The van der Waals surface area contributed by atoms with E-state index in [1.54, 1.807) is 0 Å². The topological polar surface area (TPSA) is 33.7 Å². The van der Waals surface area contributed by atoms with Crippen LogP contribution in [0.3, 0.4) is 0 Å². The normalized spacial score (nSPS) is 24.6. The fourth-order valence-corrected chi connectivity index (χ4v) is 2.10. The molecule has 0 bridgehead atoms. The van der Waals surface area contributed by atoms with E-state index in [0.717, 1.165) is 39.5 Å². The maximum atomic E-state index is 5.46. The highest BCUT2D eigenvalue weighted by atomic mass is 16.5. The average Bonchev–Trinajstić information content (AvgIpc) is 2.04. The Balaban J connectivity index is 1.44. The molecule has 2 saturated heterocycles. The highest BCUT2D eigenvalue weighted by Crippen LogP contribution is 2.36. The molecule has 14 heavy (non-hydrogen) atoms. The van der Waals surface area contributed by atoms with E-state index in [9.17, 15) is 0 Å². The minimum atomic E-state index is 0.547. The van der Waals surface area contributed by atoms with E-state index in [1.807, 2.05) is 7.05 Å². The Labute approximate surface area is 85.5 Å². The predicted molar refractivity (Wildman–Crippen MR) is 54.4 cm³/mol. The number of nitrogens with one attached hydrogen (secondary N) is 1. The minimum absolute atomic E-state index is 0.547. The van der Waals surface area contributed by atoms with Crippen molar-refractivity contribution in [3.05, 3.63) is 0 Å². The molecule has 0 radical (unpaired) electrons. The number of ether oxygens (including phenoxy) is 2. The third kappa shape index (κ3) is 2.25. The van der Waals surface area contributed by atoms with Crippen LogP contribution in [0.25, 0.3) is 0 Å². The summed E-state index contributed by atoms with van der Waals surface area (Å²) < 4.78 is 10.7. The molecule has 0 aromatic rings. The molecule has 82 valence electrons. The van der Waals surface area contributed by atoms with E-state index >= 15 is 0 Å². The second-order valence-corrected chi connectivity index (χ2v) is 4.42. The van der Waals surface area contributed by atoms with Crippen LogP contribution in [0.15, 0.2) is 0 Å². The zero-order valence-electron chi connectivity index (χ0n) is 8.92. The fraction of sp³-hybridized carbons (Fsp3) is 1.00. The summed E-state index contributed by atoms with van der Waals surface area (Å²) in [4.78, 5) is 2.45. The first kappa shape index (κ1) is 10.4. The van der Waals surface area contributed by atoms with Gasteiger partial charge in [0.2, 0.25) is 0 Å². The largest absolute Gasteiger partial charge is 0.380 e. The molecule has 0 unspecified atom stereocenters. The van der Waals surface area contributed by atoms with Crippen LogP contribution in [0.5, 0.6) is 0 Å². The summed E-state index contributed by atoms with van der Waals surface area (Å²) in [5.74, 6) is 0. The summed E-state index contributed by atoms with van der Waals surface area (Å²) in [7, 11) is 1.94. The van der Waals surface area contributed by atoms with Crippen molar-refractivity contribution in [2.45, 2.75) is 0 Å². The van der Waals surface area contributed by atoms with Crippen LogP contribution in [-0.4, -0.2) is 64.6 Å². The smallest absolute Gasteiger partial charge is 0.0594 e. The van der Waals surface area contributed by atoms with Gasteiger partial charge in [0.25, 0.3) is 0 Å². The van der Waals surface area contributed by atoms with Gasteiger partial charge in [-0.3, -0.25) is 4.90 Å². The molecule has 2 aliphatic heterocycles. The van der Waals surface area contributed by atoms with Gasteiger partial charge in [0, 0.05) is 31.6 Å². The lowest BCUT2D eigenvalue weighted by Gasteiger charge is -2.55. The van der Waals surface area contributed by atoms with Gasteiger partial charge < -0.3 is 14.8 Å². The molecule has 0 amide bonds. The summed E-state index contributed by atoms with van der Waals surface area (Å²) >= 11 is 0. The molecule has 1 spiro atoms. The lowest BCUT2D eigenvalue weighted by molar-refractivity contribution is -0.190. The van der Waals surface area contributed by atoms with Crippen LogP contribution in [0.4, 0.5) is 0 Å². The van der Waals surface area contributed by atoms with E-state index in [4.69, 9.17) is 9.47 Å². The second kappa shape index (κ2) is 4.57. The van der Waals surface area contributed by atoms with Crippen LogP contribution in [0.2, 0.25) is 0 Å². The monoisotopic (exact) mass is 200 g/mol. The SMILES string of the molecule is CNCCOCCN1CC2(COC2)C1. The highest BCUT2D eigenvalue weighted by molar-refractivity contribution is 4.99. The first-order chi connectivity index (χ1) is 6.85. The van der Waals surface area contributed by atoms with Gasteiger partial charge in [-0.05, 0) is 7.05 Å². The third-order valence-corrected chi connectivity index (χ3v) is 2.98. The maximum absolute atomic E-state index is 5.46. The van der Waals surface area contributed by atoms with E-state index in [0.29, 0.717) is 5.41 Å². The van der Waals surface area contributed by atoms with Crippen molar-refractivity contribution in [3.8, 4) is 0 Å². The zero-order valence-corrected chi connectivity index (χ0v) is 8.92. The fourth-order valence-electron chi connectivity index (χ4n) is 2.10. The average molecular weight is 200 g/mol. The molecule has 0 aromatic carbocycles. The second-order valence-electron chi connectivity index (χ2n) is 4.42. The van der Waals surface area contributed by atoms with Gasteiger partial charge in [-0.15, -0.1) is 0 Å². The van der Waals surface area contributed by atoms with Crippen LogP contribution in [0, 0.1) is 5.41 Å². The minimum Gasteiger partial charge on any atom is -0.380 e. The molecule has 0 saturated carbocycles. The molecule has 4 heteroatoms. The van der Waals surface area contributed by atoms with Crippen molar-refractivity contribution >= 4 is 0 Å². The van der Waals surface area contributed by atoms with Crippen LogP contribution in [0.1, 0.15) is 0 Å². The summed E-state index contributed by atoms with van der Waals surface area (Å²) in [6, 6.07) is 0. The van der Waals surface area contributed by atoms with Crippen LogP contribution in [-0.2, 0) is 9.47 Å². The van der Waals surface area contributed by atoms with Gasteiger partial charge in [0.1, 0.15) is 0 Å². The predicted octanol–water partition coefficient (Wildman–Crippen LogP) is -0.445. The Bertz CT molecular complexity index is 175. The van der Waals surface area contributed by atoms with Gasteiger partial charge >= 0.3 is 0 Å².